The predicted octanol–water partition coefficient (Wildman–Crippen LogP) is 2.60. The van der Waals surface area contributed by atoms with Crippen molar-refractivity contribution < 1.29 is 19.0 Å². The van der Waals surface area contributed by atoms with E-state index in [1.165, 1.54) is 0 Å². The number of amides is 2. The highest BCUT2D eigenvalue weighted by Crippen LogP contribution is 2.30. The van der Waals surface area contributed by atoms with E-state index >= 15 is 0 Å². The van der Waals surface area contributed by atoms with Crippen LogP contribution in [0.4, 0.5) is 10.7 Å². The van der Waals surface area contributed by atoms with Crippen molar-refractivity contribution >= 4 is 12.0 Å². The average molecular weight is 462 g/mol. The number of benzene rings is 2. The number of carbonyl (C=O) groups excluding carboxylic acids is 1. The molecule has 4 atom stereocenters. The number of nitrogens with zero attached hydrogens (tertiary/aromatic N) is 2. The second-order valence-electron chi connectivity index (χ2n) is 8.23. The number of ether oxygens (including phenoxy) is 3. The lowest BCUT2D eigenvalue weighted by Crippen LogP contribution is -2.48. The van der Waals surface area contributed by atoms with Crippen LogP contribution in [-0.2, 0) is 16.0 Å². The van der Waals surface area contributed by atoms with E-state index < -0.39 is 0 Å². The number of hydrogen-bond acceptors (Lipinski definition) is 7. The Morgan fingerprint density at radius 3 is 2.56 bits per heavy atom. The molecular formula is C25H27N5O4. The van der Waals surface area contributed by atoms with Crippen LogP contribution in [0.5, 0.6) is 5.75 Å². The molecule has 0 aliphatic carbocycles. The second kappa shape index (κ2) is 10.1. The number of hydrogen-bond donors (Lipinski definition) is 3. The molecule has 2 aromatic carbocycles. The summed E-state index contributed by atoms with van der Waals surface area (Å²) in [4.78, 5) is 21.4. The lowest BCUT2D eigenvalue weighted by atomic mass is 10.1. The van der Waals surface area contributed by atoms with Crippen LogP contribution in [-0.4, -0.2) is 60.6 Å². The molecule has 0 saturated carbocycles. The normalized spacial score (nSPS) is 23.2. The van der Waals surface area contributed by atoms with Gasteiger partial charge < -0.3 is 30.2 Å². The van der Waals surface area contributed by atoms with E-state index in [0.717, 1.165) is 22.6 Å². The summed E-state index contributed by atoms with van der Waals surface area (Å²) in [6.07, 6.45) is 1.26. The van der Waals surface area contributed by atoms with E-state index in [9.17, 15) is 4.79 Å². The van der Waals surface area contributed by atoms with Gasteiger partial charge in [-0.3, -0.25) is 0 Å². The summed E-state index contributed by atoms with van der Waals surface area (Å²) in [6.45, 7) is 1.27. The van der Waals surface area contributed by atoms with Crippen LogP contribution in [0.15, 0.2) is 66.9 Å². The monoisotopic (exact) mass is 461 g/mol. The van der Waals surface area contributed by atoms with Gasteiger partial charge in [-0.15, -0.1) is 0 Å². The Labute approximate surface area is 197 Å². The van der Waals surface area contributed by atoms with E-state index in [2.05, 4.69) is 25.9 Å². The van der Waals surface area contributed by atoms with Crippen LogP contribution >= 0.6 is 0 Å². The summed E-state index contributed by atoms with van der Waals surface area (Å²) in [5.74, 6) is 1.23. The highest BCUT2D eigenvalue weighted by atomic mass is 16.6. The van der Waals surface area contributed by atoms with E-state index in [-0.39, 0.29) is 30.3 Å². The van der Waals surface area contributed by atoms with Gasteiger partial charge in [0.15, 0.2) is 0 Å². The van der Waals surface area contributed by atoms with Crippen LogP contribution < -0.4 is 20.7 Å². The Morgan fingerprint density at radius 2 is 1.74 bits per heavy atom. The minimum absolute atomic E-state index is 0.128. The van der Waals surface area contributed by atoms with Gasteiger partial charge in [-0.05, 0) is 23.8 Å². The smallest absolute Gasteiger partial charge is 0.315 e. The van der Waals surface area contributed by atoms with Crippen molar-refractivity contribution in [2.75, 3.05) is 25.6 Å². The highest BCUT2D eigenvalue weighted by molar-refractivity contribution is 5.74. The Hall–Kier alpha value is -3.69. The second-order valence-corrected chi connectivity index (χ2v) is 8.23. The van der Waals surface area contributed by atoms with Gasteiger partial charge in [-0.1, -0.05) is 42.5 Å². The number of anilines is 1. The minimum Gasteiger partial charge on any atom is -0.496 e. The molecular weight excluding hydrogens is 434 g/mol. The first-order valence-corrected chi connectivity index (χ1v) is 11.3. The molecule has 0 radical (unpaired) electrons. The predicted molar refractivity (Wildman–Crippen MR) is 127 cm³/mol. The van der Waals surface area contributed by atoms with Gasteiger partial charge in [-0.25, -0.2) is 14.8 Å². The third-order valence-electron chi connectivity index (χ3n) is 6.02. The Morgan fingerprint density at radius 1 is 1.00 bits per heavy atom. The van der Waals surface area contributed by atoms with Crippen molar-refractivity contribution in [3.8, 4) is 17.0 Å². The fourth-order valence-electron chi connectivity index (χ4n) is 4.34. The standard InChI is InChI=1S/C25H27N5O4/c1-32-21-10-6-5-9-17(21)18-11-12-26-24(28-18)29-19-14-33-23-20(15-34-22(19)23)30-25(31)27-13-16-7-3-2-4-8-16/h2-12,19-20,22-23H,13-15H2,1H3,(H,26,28,29)(H2,27,30,31)/t19-,20+,22-,23+/m1/s1. The number of urea groups is 1. The molecule has 2 saturated heterocycles. The molecule has 2 aliphatic heterocycles. The molecule has 2 aliphatic rings. The van der Waals surface area contributed by atoms with Gasteiger partial charge in [0.05, 0.1) is 38.1 Å². The molecule has 9 nitrogen and oxygen atoms in total. The molecule has 0 bridgehead atoms. The third kappa shape index (κ3) is 4.80. The van der Waals surface area contributed by atoms with Gasteiger partial charge in [0.25, 0.3) is 0 Å². The lowest BCUT2D eigenvalue weighted by Gasteiger charge is -2.19. The van der Waals surface area contributed by atoms with Crippen LogP contribution in [0.2, 0.25) is 0 Å². The number of nitrogens with one attached hydrogen (secondary N) is 3. The van der Waals surface area contributed by atoms with Gasteiger partial charge in [-0.2, -0.15) is 0 Å². The quantitative estimate of drug-likeness (QED) is 0.497. The van der Waals surface area contributed by atoms with Crippen molar-refractivity contribution in [3.05, 3.63) is 72.4 Å². The van der Waals surface area contributed by atoms with Crippen molar-refractivity contribution in [2.24, 2.45) is 0 Å². The Bertz CT molecular complexity index is 1130. The van der Waals surface area contributed by atoms with E-state index in [1.54, 1.807) is 13.3 Å². The van der Waals surface area contributed by atoms with Crippen LogP contribution in [0.3, 0.4) is 0 Å². The summed E-state index contributed by atoms with van der Waals surface area (Å²) in [7, 11) is 1.64. The topological polar surface area (TPSA) is 107 Å². The van der Waals surface area contributed by atoms with Crippen molar-refractivity contribution in [3.63, 3.8) is 0 Å². The molecule has 2 fully saturated rings. The summed E-state index contributed by atoms with van der Waals surface area (Å²) in [6, 6.07) is 18.7. The van der Waals surface area contributed by atoms with E-state index in [1.807, 2.05) is 60.7 Å². The number of rotatable bonds is 7. The summed E-state index contributed by atoms with van der Waals surface area (Å²) in [5.41, 5.74) is 2.68. The zero-order valence-corrected chi connectivity index (χ0v) is 18.8. The van der Waals surface area contributed by atoms with E-state index in [4.69, 9.17) is 14.2 Å². The maximum atomic E-state index is 12.4. The first-order valence-electron chi connectivity index (χ1n) is 11.3. The number of aromatic nitrogens is 2. The van der Waals surface area contributed by atoms with Crippen molar-refractivity contribution in [1.82, 2.24) is 20.6 Å². The number of para-hydroxylation sites is 1. The maximum Gasteiger partial charge on any atom is 0.315 e. The highest BCUT2D eigenvalue weighted by Gasteiger charge is 2.48. The number of carbonyl (C=O) groups is 1. The van der Waals surface area contributed by atoms with Crippen LogP contribution in [0.25, 0.3) is 11.3 Å². The zero-order chi connectivity index (χ0) is 23.3. The van der Waals surface area contributed by atoms with Gasteiger partial charge in [0, 0.05) is 18.3 Å². The SMILES string of the molecule is COc1ccccc1-c1ccnc(N[C@@H]2CO[C@@H]3[C@@H]2OC[C@@H]3NC(=O)NCc2ccccc2)n1. The summed E-state index contributed by atoms with van der Waals surface area (Å²) in [5, 5.41) is 9.20. The largest absolute Gasteiger partial charge is 0.496 e. The molecule has 3 aromatic rings. The fraction of sp³-hybridized carbons (Fsp3) is 0.320. The van der Waals surface area contributed by atoms with E-state index in [0.29, 0.717) is 25.7 Å². The van der Waals surface area contributed by atoms with Crippen molar-refractivity contribution in [2.45, 2.75) is 30.8 Å². The lowest BCUT2D eigenvalue weighted by molar-refractivity contribution is 0.0682. The first-order chi connectivity index (χ1) is 16.7. The van der Waals surface area contributed by atoms with Crippen LogP contribution in [0, 0.1) is 0 Å². The maximum absolute atomic E-state index is 12.4. The summed E-state index contributed by atoms with van der Waals surface area (Å²) >= 11 is 0. The summed E-state index contributed by atoms with van der Waals surface area (Å²) < 4.78 is 17.4. The van der Waals surface area contributed by atoms with Gasteiger partial charge in [0.1, 0.15) is 18.0 Å². The molecule has 34 heavy (non-hydrogen) atoms. The molecule has 0 spiro atoms. The molecule has 2 amide bonds. The Balaban J connectivity index is 1.18. The fourth-order valence-corrected chi connectivity index (χ4v) is 4.34. The number of methoxy groups -OCH3 is 1. The zero-order valence-electron chi connectivity index (χ0n) is 18.8. The molecule has 3 heterocycles. The third-order valence-corrected chi connectivity index (χ3v) is 6.02. The van der Waals surface area contributed by atoms with Gasteiger partial charge >= 0.3 is 6.03 Å². The average Bonchev–Trinajstić information content (AvgIpc) is 3.47. The number of fused-ring (bicyclic) bond motifs is 1. The molecule has 176 valence electrons. The molecule has 3 N–H and O–H groups in total. The first kappa shape index (κ1) is 22.1. The molecule has 0 unspecified atom stereocenters. The van der Waals surface area contributed by atoms with Gasteiger partial charge in [0.2, 0.25) is 5.95 Å². The molecule has 9 heteroatoms. The molecule has 5 rings (SSSR count). The minimum atomic E-state index is -0.244. The van der Waals surface area contributed by atoms with Crippen molar-refractivity contribution in [1.29, 1.82) is 0 Å². The molecule has 1 aromatic heterocycles. The Kier molecular flexibility index (Phi) is 6.55. The van der Waals surface area contributed by atoms with Crippen LogP contribution in [0.1, 0.15) is 5.56 Å².